The minimum atomic E-state index is -0.206. The van der Waals surface area contributed by atoms with Crippen molar-refractivity contribution in [3.8, 4) is 0 Å². The van der Waals surface area contributed by atoms with Crippen LogP contribution < -0.4 is 0 Å². The molecule has 1 fully saturated rings. The lowest BCUT2D eigenvalue weighted by Gasteiger charge is -2.17. The van der Waals surface area contributed by atoms with E-state index < -0.39 is 0 Å². The van der Waals surface area contributed by atoms with Gasteiger partial charge in [-0.25, -0.2) is 4.79 Å². The van der Waals surface area contributed by atoms with Gasteiger partial charge in [-0.05, 0) is 13.3 Å². The molecule has 4 heteroatoms. The van der Waals surface area contributed by atoms with Crippen LogP contribution in [0.1, 0.15) is 13.3 Å². The van der Waals surface area contributed by atoms with Crippen LogP contribution in [0.25, 0.3) is 0 Å². The molecular weight excluding hydrogens is 166 g/mol. The van der Waals surface area contributed by atoms with Crippen molar-refractivity contribution >= 4 is 17.7 Å². The SMILES string of the molecule is CCN1C(=O)OCC1CCCl. The minimum absolute atomic E-state index is 0.199. The van der Waals surface area contributed by atoms with Gasteiger partial charge in [-0.1, -0.05) is 0 Å². The molecule has 1 heterocycles. The number of rotatable bonds is 3. The highest BCUT2D eigenvalue weighted by Crippen LogP contribution is 2.14. The fourth-order valence-corrected chi connectivity index (χ4v) is 1.49. The van der Waals surface area contributed by atoms with E-state index in [-0.39, 0.29) is 12.1 Å². The summed E-state index contributed by atoms with van der Waals surface area (Å²) >= 11 is 5.56. The van der Waals surface area contributed by atoms with E-state index in [9.17, 15) is 4.79 Å². The number of amides is 1. The molecule has 0 aromatic heterocycles. The van der Waals surface area contributed by atoms with E-state index in [1.54, 1.807) is 4.90 Å². The van der Waals surface area contributed by atoms with Crippen molar-refractivity contribution in [2.45, 2.75) is 19.4 Å². The first kappa shape index (κ1) is 8.65. The van der Waals surface area contributed by atoms with E-state index in [4.69, 9.17) is 16.3 Å². The molecule has 1 unspecified atom stereocenters. The molecule has 11 heavy (non-hydrogen) atoms. The molecule has 0 N–H and O–H groups in total. The minimum Gasteiger partial charge on any atom is -0.447 e. The topological polar surface area (TPSA) is 29.5 Å². The number of cyclic esters (lactones) is 1. The Bertz CT molecular complexity index is 151. The van der Waals surface area contributed by atoms with Crippen LogP contribution >= 0.6 is 11.6 Å². The number of hydrogen-bond donors (Lipinski definition) is 0. The van der Waals surface area contributed by atoms with Gasteiger partial charge in [-0.2, -0.15) is 0 Å². The van der Waals surface area contributed by atoms with Crippen molar-refractivity contribution in [3.63, 3.8) is 0 Å². The van der Waals surface area contributed by atoms with Gasteiger partial charge in [-0.3, -0.25) is 0 Å². The van der Waals surface area contributed by atoms with Crippen molar-refractivity contribution in [2.75, 3.05) is 19.0 Å². The molecule has 0 radical (unpaired) electrons. The Morgan fingerprint density at radius 2 is 2.55 bits per heavy atom. The van der Waals surface area contributed by atoms with Crippen LogP contribution in [-0.2, 0) is 4.74 Å². The fraction of sp³-hybridized carbons (Fsp3) is 0.857. The van der Waals surface area contributed by atoms with E-state index in [2.05, 4.69) is 0 Å². The van der Waals surface area contributed by atoms with Crippen LogP contribution in [0, 0.1) is 0 Å². The highest BCUT2D eigenvalue weighted by molar-refractivity contribution is 6.17. The molecule has 0 spiro atoms. The summed E-state index contributed by atoms with van der Waals surface area (Å²) in [5.74, 6) is 0.581. The first-order valence-corrected chi connectivity index (χ1v) is 4.32. The molecule has 1 atom stereocenters. The van der Waals surface area contributed by atoms with Gasteiger partial charge in [0.15, 0.2) is 0 Å². The number of hydrogen-bond acceptors (Lipinski definition) is 2. The number of halogens is 1. The molecule has 0 aliphatic carbocycles. The van der Waals surface area contributed by atoms with E-state index in [1.807, 2.05) is 6.92 Å². The molecule has 1 aliphatic heterocycles. The third kappa shape index (κ3) is 1.77. The van der Waals surface area contributed by atoms with Gasteiger partial charge in [0, 0.05) is 12.4 Å². The van der Waals surface area contributed by atoms with Gasteiger partial charge in [0.2, 0.25) is 0 Å². The molecule has 0 bridgehead atoms. The third-order valence-electron chi connectivity index (χ3n) is 1.86. The van der Waals surface area contributed by atoms with Crippen molar-refractivity contribution in [3.05, 3.63) is 0 Å². The van der Waals surface area contributed by atoms with Crippen molar-refractivity contribution in [1.82, 2.24) is 4.90 Å². The largest absolute Gasteiger partial charge is 0.447 e. The quantitative estimate of drug-likeness (QED) is 0.611. The maximum atomic E-state index is 11.0. The lowest BCUT2D eigenvalue weighted by molar-refractivity contribution is 0.159. The number of nitrogens with zero attached hydrogens (tertiary/aromatic N) is 1. The highest BCUT2D eigenvalue weighted by Gasteiger charge is 2.30. The molecule has 1 aliphatic rings. The normalized spacial score (nSPS) is 24.0. The van der Waals surface area contributed by atoms with E-state index >= 15 is 0 Å². The van der Waals surface area contributed by atoms with Crippen LogP contribution in [0.15, 0.2) is 0 Å². The number of alkyl halides is 1. The van der Waals surface area contributed by atoms with Crippen LogP contribution in [0.5, 0.6) is 0 Å². The summed E-state index contributed by atoms with van der Waals surface area (Å²) in [5, 5.41) is 0. The highest BCUT2D eigenvalue weighted by atomic mass is 35.5. The molecule has 0 aromatic rings. The molecule has 1 rings (SSSR count). The molecular formula is C7H12ClNO2. The average Bonchev–Trinajstić information content (AvgIpc) is 2.33. The molecule has 1 amide bonds. The van der Waals surface area contributed by atoms with Gasteiger partial charge in [-0.15, -0.1) is 11.6 Å². The van der Waals surface area contributed by atoms with E-state index in [0.29, 0.717) is 19.0 Å². The van der Waals surface area contributed by atoms with E-state index in [0.717, 1.165) is 6.42 Å². The van der Waals surface area contributed by atoms with Gasteiger partial charge < -0.3 is 9.64 Å². The summed E-state index contributed by atoms with van der Waals surface area (Å²) in [5.41, 5.74) is 0. The van der Waals surface area contributed by atoms with Gasteiger partial charge in [0.05, 0.1) is 6.04 Å². The van der Waals surface area contributed by atoms with Crippen molar-refractivity contribution < 1.29 is 9.53 Å². The summed E-state index contributed by atoms with van der Waals surface area (Å²) < 4.78 is 4.85. The second kappa shape index (κ2) is 3.81. The fourth-order valence-electron chi connectivity index (χ4n) is 1.24. The molecule has 64 valence electrons. The molecule has 3 nitrogen and oxygen atoms in total. The Labute approximate surface area is 71.3 Å². The zero-order valence-electron chi connectivity index (χ0n) is 6.55. The second-order valence-electron chi connectivity index (χ2n) is 2.49. The van der Waals surface area contributed by atoms with Crippen molar-refractivity contribution in [2.24, 2.45) is 0 Å². The van der Waals surface area contributed by atoms with Gasteiger partial charge >= 0.3 is 6.09 Å². The Morgan fingerprint density at radius 3 is 3.09 bits per heavy atom. The number of ether oxygens (including phenoxy) is 1. The summed E-state index contributed by atoms with van der Waals surface area (Å²) in [4.78, 5) is 12.7. The lowest BCUT2D eigenvalue weighted by Crippen LogP contribution is -2.33. The Kier molecular flexibility index (Phi) is 3.00. The van der Waals surface area contributed by atoms with Crippen molar-refractivity contribution in [1.29, 1.82) is 0 Å². The number of likely N-dealkylation sites (N-methyl/N-ethyl adjacent to an activating group) is 1. The monoisotopic (exact) mass is 177 g/mol. The van der Waals surface area contributed by atoms with Crippen LogP contribution in [0.2, 0.25) is 0 Å². The zero-order chi connectivity index (χ0) is 8.27. The average molecular weight is 178 g/mol. The molecule has 1 saturated heterocycles. The standard InChI is InChI=1S/C7H12ClNO2/c1-2-9-6(3-4-8)5-11-7(9)10/h6H,2-5H2,1H3. The predicted octanol–water partition coefficient (Wildman–Crippen LogP) is 1.46. The Balaban J connectivity index is 2.47. The summed E-state index contributed by atoms with van der Waals surface area (Å²) in [6, 6.07) is 0.199. The zero-order valence-corrected chi connectivity index (χ0v) is 7.30. The first-order chi connectivity index (χ1) is 5.29. The molecule has 0 saturated carbocycles. The van der Waals surface area contributed by atoms with Crippen LogP contribution in [0.4, 0.5) is 4.79 Å². The van der Waals surface area contributed by atoms with Crippen LogP contribution in [-0.4, -0.2) is 36.1 Å². The van der Waals surface area contributed by atoms with E-state index in [1.165, 1.54) is 0 Å². The number of carbonyl (C=O) groups excluding carboxylic acids is 1. The number of carbonyl (C=O) groups is 1. The predicted molar refractivity (Wildman–Crippen MR) is 42.9 cm³/mol. The Hall–Kier alpha value is -0.440. The molecule has 0 aromatic carbocycles. The summed E-state index contributed by atoms with van der Waals surface area (Å²) in [6.45, 7) is 3.15. The smallest absolute Gasteiger partial charge is 0.410 e. The summed E-state index contributed by atoms with van der Waals surface area (Å²) in [7, 11) is 0. The maximum absolute atomic E-state index is 11.0. The Morgan fingerprint density at radius 1 is 1.82 bits per heavy atom. The lowest BCUT2D eigenvalue weighted by atomic mass is 10.2. The second-order valence-corrected chi connectivity index (χ2v) is 2.87. The first-order valence-electron chi connectivity index (χ1n) is 3.79. The summed E-state index contributed by atoms with van der Waals surface area (Å²) in [6.07, 6.45) is 0.615. The van der Waals surface area contributed by atoms with Gasteiger partial charge in [0.25, 0.3) is 0 Å². The van der Waals surface area contributed by atoms with Gasteiger partial charge in [0.1, 0.15) is 6.61 Å². The maximum Gasteiger partial charge on any atom is 0.410 e. The van der Waals surface area contributed by atoms with Crippen LogP contribution in [0.3, 0.4) is 0 Å². The third-order valence-corrected chi connectivity index (χ3v) is 2.08.